The zero-order valence-corrected chi connectivity index (χ0v) is 21.8. The van der Waals surface area contributed by atoms with Crippen molar-refractivity contribution in [3.05, 3.63) is 130 Å². The van der Waals surface area contributed by atoms with Crippen LogP contribution in [0.4, 0.5) is 24.5 Å². The van der Waals surface area contributed by atoms with E-state index in [-0.39, 0.29) is 23.1 Å². The molecule has 0 aromatic heterocycles. The predicted molar refractivity (Wildman–Crippen MR) is 146 cm³/mol. The minimum absolute atomic E-state index is 0.0487. The maximum absolute atomic E-state index is 14.4. The van der Waals surface area contributed by atoms with Crippen molar-refractivity contribution in [2.24, 2.45) is 11.3 Å². The maximum atomic E-state index is 14.4. The lowest BCUT2D eigenvalue weighted by Crippen LogP contribution is -2.49. The van der Waals surface area contributed by atoms with Crippen LogP contribution in [0.1, 0.15) is 56.9 Å². The second kappa shape index (κ2) is 8.64. The van der Waals surface area contributed by atoms with Gasteiger partial charge in [-0.3, -0.25) is 14.4 Å². The Bertz CT molecular complexity index is 1730. The number of para-hydroxylation sites is 2. The van der Waals surface area contributed by atoms with Crippen molar-refractivity contribution in [2.75, 3.05) is 10.2 Å². The summed E-state index contributed by atoms with van der Waals surface area (Å²) in [6.07, 6.45) is -4.68. The first-order valence-corrected chi connectivity index (χ1v) is 13.3. The van der Waals surface area contributed by atoms with E-state index in [4.69, 9.17) is 0 Å². The van der Waals surface area contributed by atoms with Gasteiger partial charge < -0.3 is 5.32 Å². The van der Waals surface area contributed by atoms with Crippen molar-refractivity contribution < 1.29 is 27.6 Å². The lowest BCUT2D eigenvalue weighted by molar-refractivity contribution is -0.137. The second-order valence-electron chi connectivity index (χ2n) is 10.9. The first kappa shape index (κ1) is 25.3. The zero-order valence-electron chi connectivity index (χ0n) is 21.8. The van der Waals surface area contributed by atoms with Crippen molar-refractivity contribution in [2.45, 2.75) is 24.9 Å². The van der Waals surface area contributed by atoms with E-state index in [0.29, 0.717) is 0 Å². The first-order valence-electron chi connectivity index (χ1n) is 13.3. The summed E-state index contributed by atoms with van der Waals surface area (Å²) < 4.78 is 40.8. The van der Waals surface area contributed by atoms with Gasteiger partial charge in [-0.1, -0.05) is 72.8 Å². The van der Waals surface area contributed by atoms with Gasteiger partial charge in [-0.05, 0) is 53.4 Å². The number of carbonyl (C=O) groups is 3. The summed E-state index contributed by atoms with van der Waals surface area (Å²) in [5.74, 6) is -3.13. The van der Waals surface area contributed by atoms with Crippen LogP contribution in [0.15, 0.2) is 97.1 Å². The first-order chi connectivity index (χ1) is 19.6. The summed E-state index contributed by atoms with van der Waals surface area (Å²) in [6.45, 7) is 1.82. The largest absolute Gasteiger partial charge is 0.418 e. The molecule has 4 aromatic carbocycles. The number of nitrogens with one attached hydrogen (secondary N) is 1. The average molecular weight is 553 g/mol. The van der Waals surface area contributed by atoms with E-state index < -0.39 is 46.5 Å². The molecule has 1 N–H and O–H groups in total. The Hall–Kier alpha value is -4.72. The van der Waals surface area contributed by atoms with Crippen molar-refractivity contribution in [3.8, 4) is 0 Å². The number of imide groups is 1. The molecule has 2 atom stereocenters. The molecule has 1 saturated heterocycles. The highest BCUT2D eigenvalue weighted by molar-refractivity contribution is 6.27. The van der Waals surface area contributed by atoms with Gasteiger partial charge in [0.15, 0.2) is 0 Å². The Balaban J connectivity index is 1.33. The van der Waals surface area contributed by atoms with Crippen LogP contribution in [0.5, 0.6) is 0 Å². The third-order valence-corrected chi connectivity index (χ3v) is 8.88. The monoisotopic (exact) mass is 552 g/mol. The number of carbonyl (C=O) groups excluding carboxylic acids is 3. The third-order valence-electron chi connectivity index (χ3n) is 8.88. The SMILES string of the molecule is C[C@]12C(=O)N(c3ccccc3C(=O)Nc3ccccc3C(F)(F)F)C(=O)[C@H]1C1c3ccccc3C2c2ccccc21. The van der Waals surface area contributed by atoms with E-state index in [1.54, 1.807) is 12.1 Å². The molecule has 0 unspecified atom stereocenters. The molecule has 4 aliphatic rings. The molecule has 2 bridgehead atoms. The Labute approximate surface area is 233 Å². The molecule has 204 valence electrons. The van der Waals surface area contributed by atoms with Crippen LogP contribution >= 0.6 is 0 Å². The highest BCUT2D eigenvalue weighted by atomic mass is 19.4. The fourth-order valence-corrected chi connectivity index (χ4v) is 7.23. The van der Waals surface area contributed by atoms with Gasteiger partial charge in [-0.15, -0.1) is 0 Å². The molecule has 4 aromatic rings. The maximum Gasteiger partial charge on any atom is 0.418 e. The van der Waals surface area contributed by atoms with Crippen LogP contribution in [0, 0.1) is 11.3 Å². The number of halogens is 3. The van der Waals surface area contributed by atoms with E-state index in [9.17, 15) is 27.6 Å². The fourth-order valence-electron chi connectivity index (χ4n) is 7.23. The second-order valence-corrected chi connectivity index (χ2v) is 10.9. The molecule has 0 spiro atoms. The van der Waals surface area contributed by atoms with Gasteiger partial charge in [0.2, 0.25) is 11.8 Å². The lowest BCUT2D eigenvalue weighted by Gasteiger charge is -2.51. The van der Waals surface area contributed by atoms with Crippen LogP contribution < -0.4 is 10.2 Å². The quantitative estimate of drug-likeness (QED) is 0.286. The third kappa shape index (κ3) is 3.40. The Kier molecular flexibility index (Phi) is 5.32. The van der Waals surface area contributed by atoms with Crippen LogP contribution in [-0.2, 0) is 15.8 Å². The van der Waals surface area contributed by atoms with Crippen LogP contribution in [0.2, 0.25) is 0 Å². The average Bonchev–Trinajstić information content (AvgIpc) is 3.17. The van der Waals surface area contributed by atoms with Crippen molar-refractivity contribution in [1.29, 1.82) is 0 Å². The van der Waals surface area contributed by atoms with E-state index in [0.717, 1.165) is 39.3 Å². The number of amides is 3. The van der Waals surface area contributed by atoms with Crippen molar-refractivity contribution in [3.63, 3.8) is 0 Å². The van der Waals surface area contributed by atoms with Crippen molar-refractivity contribution >= 4 is 29.1 Å². The van der Waals surface area contributed by atoms with Gasteiger partial charge in [-0.2, -0.15) is 13.2 Å². The lowest BCUT2D eigenvalue weighted by atomic mass is 9.48. The topological polar surface area (TPSA) is 66.5 Å². The van der Waals surface area contributed by atoms with Gasteiger partial charge in [0.25, 0.3) is 5.91 Å². The summed E-state index contributed by atoms with van der Waals surface area (Å²) in [6, 6.07) is 26.4. The molecular weight excluding hydrogens is 529 g/mol. The van der Waals surface area contributed by atoms with Crippen LogP contribution in [-0.4, -0.2) is 17.7 Å². The number of anilines is 2. The van der Waals surface area contributed by atoms with Crippen LogP contribution in [0.3, 0.4) is 0 Å². The molecule has 41 heavy (non-hydrogen) atoms. The minimum atomic E-state index is -4.68. The normalized spacial score (nSPS) is 24.1. The number of rotatable bonds is 3. The Morgan fingerprint density at radius 1 is 0.780 bits per heavy atom. The summed E-state index contributed by atoms with van der Waals surface area (Å²) in [4.78, 5) is 43.3. The molecule has 3 amide bonds. The van der Waals surface area contributed by atoms with Gasteiger partial charge in [0.05, 0.1) is 33.8 Å². The van der Waals surface area contributed by atoms with Gasteiger partial charge in [-0.25, -0.2) is 4.90 Å². The molecule has 8 rings (SSSR count). The Morgan fingerprint density at radius 2 is 1.32 bits per heavy atom. The van der Waals surface area contributed by atoms with Crippen LogP contribution in [0.25, 0.3) is 0 Å². The molecular formula is C33H23F3N2O3. The van der Waals surface area contributed by atoms with Gasteiger partial charge >= 0.3 is 6.18 Å². The minimum Gasteiger partial charge on any atom is -0.321 e. The number of hydrogen-bond acceptors (Lipinski definition) is 3. The molecule has 5 nitrogen and oxygen atoms in total. The van der Waals surface area contributed by atoms with E-state index in [2.05, 4.69) is 5.32 Å². The van der Waals surface area contributed by atoms with E-state index in [1.807, 2.05) is 55.5 Å². The summed E-state index contributed by atoms with van der Waals surface area (Å²) in [7, 11) is 0. The summed E-state index contributed by atoms with van der Waals surface area (Å²) in [5, 5.41) is 2.35. The molecule has 3 aliphatic carbocycles. The standard InChI is InChI=1S/C33H23F3N2O3/c1-32-27-20-12-4-2-10-18(20)26(19-11-3-5-13-21(19)27)28(32)30(40)38(31(32)41)25-17-9-6-14-22(25)29(39)37-24-16-8-7-15-23(24)33(34,35)36/h2-17,26-28H,1H3,(H,37,39)/t26?,27?,28-,32-/m1/s1. The fraction of sp³-hybridized carbons (Fsp3) is 0.182. The number of alkyl halides is 3. The highest BCUT2D eigenvalue weighted by Gasteiger charge is 2.69. The van der Waals surface area contributed by atoms with Crippen molar-refractivity contribution in [1.82, 2.24) is 0 Å². The summed E-state index contributed by atoms with van der Waals surface area (Å²) >= 11 is 0. The number of benzene rings is 4. The molecule has 0 saturated carbocycles. The zero-order chi connectivity index (χ0) is 28.7. The smallest absolute Gasteiger partial charge is 0.321 e. The van der Waals surface area contributed by atoms with E-state index in [1.165, 1.54) is 24.3 Å². The molecule has 0 radical (unpaired) electrons. The van der Waals surface area contributed by atoms with Gasteiger partial charge in [0.1, 0.15) is 0 Å². The number of nitrogens with zero attached hydrogens (tertiary/aromatic N) is 1. The highest BCUT2D eigenvalue weighted by Crippen LogP contribution is 2.67. The Morgan fingerprint density at radius 3 is 1.95 bits per heavy atom. The number of hydrogen-bond donors (Lipinski definition) is 1. The van der Waals surface area contributed by atoms with E-state index >= 15 is 0 Å². The summed E-state index contributed by atoms with van der Waals surface area (Å²) in [5.41, 5.74) is 1.49. The van der Waals surface area contributed by atoms with Gasteiger partial charge in [0, 0.05) is 11.8 Å². The molecule has 1 heterocycles. The predicted octanol–water partition coefficient (Wildman–Crippen LogP) is 6.74. The molecule has 1 fully saturated rings. The molecule has 8 heteroatoms. The molecule has 1 aliphatic heterocycles.